The summed E-state index contributed by atoms with van der Waals surface area (Å²) < 4.78 is 5.91. The van der Waals surface area contributed by atoms with Crippen molar-refractivity contribution in [3.05, 3.63) is 39.6 Å². The third-order valence-electron chi connectivity index (χ3n) is 2.08. The molecule has 0 spiro atoms. The zero-order chi connectivity index (χ0) is 15.3. The van der Waals surface area contributed by atoms with E-state index in [-0.39, 0.29) is 11.4 Å². The molecule has 20 heavy (non-hydrogen) atoms. The van der Waals surface area contributed by atoms with E-state index in [1.807, 2.05) is 19.6 Å². The highest BCUT2D eigenvalue weighted by atomic mass is 28.4. The maximum Gasteiger partial charge on any atom is 0.278 e. The Morgan fingerprint density at radius 3 is 2.15 bits per heavy atom. The van der Waals surface area contributed by atoms with Crippen LogP contribution < -0.4 is 0 Å². The average molecular weight is 295 g/mol. The molecule has 0 unspecified atom stereocenters. The molecule has 0 heterocycles. The number of nitro groups is 1. The molecule has 1 rings (SSSR count). The zero-order valence-corrected chi connectivity index (χ0v) is 12.9. The minimum absolute atomic E-state index is 0.0606. The number of benzene rings is 1. The van der Waals surface area contributed by atoms with Crippen molar-refractivity contribution < 1.29 is 14.2 Å². The molecule has 0 saturated carbocycles. The Kier molecular flexibility index (Phi) is 4.98. The quantitative estimate of drug-likeness (QED) is 0.208. The van der Waals surface area contributed by atoms with Crippen LogP contribution in [0.1, 0.15) is 6.92 Å². The molecule has 1 aromatic carbocycles. The fourth-order valence-corrected chi connectivity index (χ4v) is 1.62. The number of nitro benzene ring substituents is 1. The van der Waals surface area contributed by atoms with Crippen molar-refractivity contribution in [3.8, 4) is 0 Å². The molecule has 0 radical (unpaired) electrons. The van der Waals surface area contributed by atoms with E-state index in [1.54, 1.807) is 6.92 Å². The predicted molar refractivity (Wildman–Crippen MR) is 80.0 cm³/mol. The molecule has 0 N–H and O–H groups in total. The second-order valence-corrected chi connectivity index (χ2v) is 9.57. The molecule has 0 atom stereocenters. The normalized spacial score (nSPS) is 13.2. The fraction of sp³-hybridized carbons (Fsp3) is 0.333. The largest absolute Gasteiger partial charge is 0.618 e. The molecular weight excluding hydrogens is 278 g/mol. The van der Waals surface area contributed by atoms with Gasteiger partial charge in [-0.1, -0.05) is 0 Å². The molecular formula is C12H17N3O4Si. The van der Waals surface area contributed by atoms with Gasteiger partial charge in [0.25, 0.3) is 14.0 Å². The summed E-state index contributed by atoms with van der Waals surface area (Å²) in [7, 11) is -1.77. The van der Waals surface area contributed by atoms with E-state index in [1.165, 1.54) is 30.5 Å². The average Bonchev–Trinajstić information content (AvgIpc) is 2.35. The molecule has 0 aliphatic rings. The minimum atomic E-state index is -1.77. The van der Waals surface area contributed by atoms with Crippen LogP contribution >= 0.6 is 0 Å². The van der Waals surface area contributed by atoms with E-state index in [2.05, 4.69) is 5.16 Å². The summed E-state index contributed by atoms with van der Waals surface area (Å²) in [5, 5.41) is 26.2. The Morgan fingerprint density at radius 2 is 1.70 bits per heavy atom. The van der Waals surface area contributed by atoms with Crippen LogP contribution in [0, 0.1) is 15.3 Å². The topological polar surface area (TPSA) is 90.8 Å². The first kappa shape index (κ1) is 15.8. The third-order valence-corrected chi connectivity index (χ3v) is 2.72. The van der Waals surface area contributed by atoms with Gasteiger partial charge < -0.3 is 9.73 Å². The summed E-state index contributed by atoms with van der Waals surface area (Å²) >= 11 is 0. The summed E-state index contributed by atoms with van der Waals surface area (Å²) in [6, 6.07) is 5.32. The van der Waals surface area contributed by atoms with E-state index >= 15 is 0 Å². The third kappa shape index (κ3) is 5.18. The van der Waals surface area contributed by atoms with Crippen LogP contribution in [0.25, 0.3) is 0 Å². The number of non-ortho nitro benzene ring substituents is 1. The molecule has 0 aliphatic heterocycles. The molecule has 0 aromatic heterocycles. The lowest BCUT2D eigenvalue weighted by atomic mass is 10.3. The lowest BCUT2D eigenvalue weighted by molar-refractivity contribution is -0.385. The molecule has 108 valence electrons. The SMILES string of the molecule is CC(/C=[N+](/[O-])c1ccc([N+](=O)[O-])cc1)=N\O[Si](C)(C)C. The van der Waals surface area contributed by atoms with Crippen LogP contribution in [0.15, 0.2) is 29.4 Å². The summed E-state index contributed by atoms with van der Waals surface area (Å²) in [5.74, 6) is 0. The molecule has 8 heteroatoms. The van der Waals surface area contributed by atoms with Gasteiger partial charge in [-0.3, -0.25) is 10.1 Å². The van der Waals surface area contributed by atoms with Crippen molar-refractivity contribution in [2.75, 3.05) is 0 Å². The highest BCUT2D eigenvalue weighted by Gasteiger charge is 2.16. The van der Waals surface area contributed by atoms with Gasteiger partial charge in [0.2, 0.25) is 11.9 Å². The van der Waals surface area contributed by atoms with Gasteiger partial charge in [-0.05, 0) is 26.6 Å². The van der Waals surface area contributed by atoms with Gasteiger partial charge in [-0.25, -0.2) is 0 Å². The predicted octanol–water partition coefficient (Wildman–Crippen LogP) is 3.03. The Balaban J connectivity index is 2.85. The molecule has 0 bridgehead atoms. The first-order valence-corrected chi connectivity index (χ1v) is 9.38. The fourth-order valence-electron chi connectivity index (χ4n) is 1.20. The van der Waals surface area contributed by atoms with E-state index in [0.29, 0.717) is 10.5 Å². The zero-order valence-electron chi connectivity index (χ0n) is 11.9. The molecule has 1 aromatic rings. The second kappa shape index (κ2) is 6.28. The van der Waals surface area contributed by atoms with Crippen LogP contribution in [0.5, 0.6) is 0 Å². The molecule has 0 amide bonds. The van der Waals surface area contributed by atoms with Crippen LogP contribution in [-0.4, -0.2) is 29.9 Å². The Morgan fingerprint density at radius 1 is 1.20 bits per heavy atom. The number of rotatable bonds is 5. The number of nitrogens with zero attached hydrogens (tertiary/aromatic N) is 3. The Hall–Kier alpha value is -2.22. The number of oxime groups is 1. The van der Waals surface area contributed by atoms with Crippen LogP contribution in [0.4, 0.5) is 11.4 Å². The maximum atomic E-state index is 11.8. The van der Waals surface area contributed by atoms with E-state index in [9.17, 15) is 15.3 Å². The summed E-state index contributed by atoms with van der Waals surface area (Å²) in [6.45, 7) is 7.59. The summed E-state index contributed by atoms with van der Waals surface area (Å²) in [5.41, 5.74) is 0.661. The maximum absolute atomic E-state index is 11.8. The molecule has 0 fully saturated rings. The molecule has 7 nitrogen and oxygen atoms in total. The van der Waals surface area contributed by atoms with Crippen molar-refractivity contribution >= 4 is 31.6 Å². The highest BCUT2D eigenvalue weighted by molar-refractivity contribution is 6.69. The summed E-state index contributed by atoms with van der Waals surface area (Å²) in [6.07, 6.45) is 1.27. The van der Waals surface area contributed by atoms with E-state index in [0.717, 1.165) is 0 Å². The summed E-state index contributed by atoms with van der Waals surface area (Å²) in [4.78, 5) is 10.00. The Bertz CT molecular complexity index is 547. The monoisotopic (exact) mass is 295 g/mol. The van der Waals surface area contributed by atoms with E-state index in [4.69, 9.17) is 4.53 Å². The van der Waals surface area contributed by atoms with Crippen molar-refractivity contribution in [2.45, 2.75) is 26.6 Å². The van der Waals surface area contributed by atoms with Gasteiger partial charge in [0.1, 0.15) is 5.71 Å². The van der Waals surface area contributed by atoms with E-state index < -0.39 is 13.2 Å². The van der Waals surface area contributed by atoms with Crippen molar-refractivity contribution in [3.63, 3.8) is 0 Å². The van der Waals surface area contributed by atoms with Crippen LogP contribution in [0.2, 0.25) is 19.6 Å². The van der Waals surface area contributed by atoms with Crippen molar-refractivity contribution in [2.24, 2.45) is 5.16 Å². The number of hydrogen-bond acceptors (Lipinski definition) is 5. The first-order chi connectivity index (χ1) is 9.19. The molecule has 0 aliphatic carbocycles. The van der Waals surface area contributed by atoms with Gasteiger partial charge in [0.05, 0.1) is 4.92 Å². The van der Waals surface area contributed by atoms with Crippen LogP contribution in [-0.2, 0) is 4.53 Å². The smallest absolute Gasteiger partial charge is 0.278 e. The lowest BCUT2D eigenvalue weighted by Crippen LogP contribution is -2.23. The van der Waals surface area contributed by atoms with Gasteiger partial charge >= 0.3 is 0 Å². The Labute approximate surface area is 118 Å². The second-order valence-electron chi connectivity index (χ2n) is 5.16. The first-order valence-electron chi connectivity index (χ1n) is 5.97. The lowest BCUT2D eigenvalue weighted by Gasteiger charge is -2.12. The van der Waals surface area contributed by atoms with Crippen LogP contribution in [0.3, 0.4) is 0 Å². The van der Waals surface area contributed by atoms with Gasteiger partial charge in [-0.2, -0.15) is 4.74 Å². The minimum Gasteiger partial charge on any atom is -0.618 e. The van der Waals surface area contributed by atoms with Crippen molar-refractivity contribution in [1.29, 1.82) is 0 Å². The highest BCUT2D eigenvalue weighted by Crippen LogP contribution is 2.17. The number of hydrogen-bond donors (Lipinski definition) is 0. The molecule has 0 saturated heterocycles. The van der Waals surface area contributed by atoms with Crippen molar-refractivity contribution in [1.82, 2.24) is 0 Å². The van der Waals surface area contributed by atoms with Gasteiger partial charge in [0.15, 0.2) is 0 Å². The van der Waals surface area contributed by atoms with Gasteiger partial charge in [-0.15, -0.1) is 5.16 Å². The standard InChI is InChI=1S/C12H17N3O4Si/c1-10(13-19-20(2,3)4)9-14(16)11-5-7-12(8-6-11)15(17)18/h5-9H,1-4H3/b13-10+,14-9+. The van der Waals surface area contributed by atoms with Gasteiger partial charge in [0, 0.05) is 24.3 Å².